The third-order valence-corrected chi connectivity index (χ3v) is 1.21. The van der Waals surface area contributed by atoms with E-state index in [1.165, 1.54) is 12.4 Å². The molecule has 1 aliphatic rings. The van der Waals surface area contributed by atoms with Crippen LogP contribution in [0.1, 0.15) is 0 Å². The Kier molecular flexibility index (Phi) is 0.887. The average Bonchev–Trinajstić information content (AvgIpc) is 2.27. The van der Waals surface area contributed by atoms with E-state index < -0.39 is 0 Å². The maximum atomic E-state index is 10.6. The first kappa shape index (κ1) is 5.22. The van der Waals surface area contributed by atoms with E-state index in [9.17, 15) is 4.79 Å². The molecule has 1 amide bonds. The monoisotopic (exact) mass is 133 g/mol. The number of rotatable bonds is 0. The predicted octanol–water partition coefficient (Wildman–Crippen LogP) is -1.58. The molecule has 0 N–H and O–H groups in total. The van der Waals surface area contributed by atoms with Crippen LogP contribution in [0.5, 0.6) is 0 Å². The number of amides is 1. The van der Waals surface area contributed by atoms with Crippen molar-refractivity contribution in [2.24, 2.45) is 4.99 Å². The fourth-order valence-electron chi connectivity index (χ4n) is 0.799. The van der Waals surface area contributed by atoms with Gasteiger partial charge in [0.05, 0.1) is 0 Å². The van der Waals surface area contributed by atoms with Gasteiger partial charge in [-0.25, -0.2) is 9.97 Å². The van der Waals surface area contributed by atoms with E-state index in [0.717, 1.165) is 0 Å². The fourth-order valence-corrected chi connectivity index (χ4v) is 0.799. The highest BCUT2D eigenvalue weighted by molar-refractivity contribution is 6.06. The van der Waals surface area contributed by atoms with Gasteiger partial charge in [-0.1, -0.05) is 0 Å². The summed E-state index contributed by atoms with van der Waals surface area (Å²) in [5.41, 5.74) is 0.472. The average molecular weight is 133 g/mol. The molecule has 0 aromatic carbocycles. The van der Waals surface area contributed by atoms with Gasteiger partial charge in [-0.3, -0.25) is 4.79 Å². The highest BCUT2D eigenvalue weighted by Crippen LogP contribution is 1.77. The number of carbonyl (C=O) groups is 1. The number of aromatic nitrogens is 2. The molecule has 0 saturated carbocycles. The van der Waals surface area contributed by atoms with Crippen LogP contribution in [0.3, 0.4) is 0 Å². The quantitative estimate of drug-likeness (QED) is 0.429. The Morgan fingerprint density at radius 3 is 3.10 bits per heavy atom. The lowest BCUT2D eigenvalue weighted by atomic mass is 10.4. The summed E-state index contributed by atoms with van der Waals surface area (Å²) in [6, 6.07) is 0. The first-order valence-electron chi connectivity index (χ1n) is 2.77. The van der Waals surface area contributed by atoms with E-state index in [1.54, 1.807) is 6.20 Å². The molecule has 0 saturated heterocycles. The molecule has 1 aliphatic heterocycles. The van der Waals surface area contributed by atoms with Crippen LogP contribution in [0.4, 0.5) is 0 Å². The lowest BCUT2D eigenvalue weighted by Gasteiger charge is -1.76. The van der Waals surface area contributed by atoms with Crippen LogP contribution in [0, 0.1) is 0 Å². The molecule has 10 heavy (non-hydrogen) atoms. The van der Waals surface area contributed by atoms with Gasteiger partial charge >= 0.3 is 0 Å². The maximum Gasteiger partial charge on any atom is 0.272 e. The van der Waals surface area contributed by atoms with Gasteiger partial charge in [0.25, 0.3) is 5.91 Å². The van der Waals surface area contributed by atoms with Crippen molar-refractivity contribution >= 4 is 12.0 Å². The van der Waals surface area contributed by atoms with Crippen LogP contribution in [0.25, 0.3) is 6.08 Å². The summed E-state index contributed by atoms with van der Waals surface area (Å²) in [6.07, 6.45) is 4.35. The summed E-state index contributed by atoms with van der Waals surface area (Å²) in [7, 11) is 0. The summed E-state index contributed by atoms with van der Waals surface area (Å²) in [5.74, 6) is -0.254. The Hall–Kier alpha value is -1.58. The van der Waals surface area contributed by atoms with E-state index in [1.807, 2.05) is 0 Å². The van der Waals surface area contributed by atoms with E-state index >= 15 is 0 Å². The summed E-state index contributed by atoms with van der Waals surface area (Å²) < 4.78 is 0. The summed E-state index contributed by atoms with van der Waals surface area (Å²) >= 11 is 0. The largest absolute Gasteiger partial charge is 0.272 e. The molecule has 1 aromatic heterocycles. The molecule has 0 unspecified atom stereocenters. The normalized spacial score (nSPS) is 13.8. The van der Waals surface area contributed by atoms with Gasteiger partial charge in [-0.2, -0.15) is 4.99 Å². The van der Waals surface area contributed by atoms with Crippen LogP contribution >= 0.6 is 0 Å². The predicted molar refractivity (Wildman–Crippen MR) is 32.3 cm³/mol. The lowest BCUT2D eigenvalue weighted by Crippen LogP contribution is -2.24. The highest BCUT2D eigenvalue weighted by Gasteiger charge is 2.01. The SMILES string of the molecule is O=C1C=c2cncnc2=N1. The molecule has 2 heterocycles. The van der Waals surface area contributed by atoms with Crippen molar-refractivity contribution < 1.29 is 4.79 Å². The molecule has 4 nitrogen and oxygen atoms in total. The second kappa shape index (κ2) is 1.70. The molecule has 0 aliphatic carbocycles. The summed E-state index contributed by atoms with van der Waals surface area (Å²) in [4.78, 5) is 21.7. The van der Waals surface area contributed by atoms with Crippen molar-refractivity contribution in [3.05, 3.63) is 23.2 Å². The molecule has 1 aromatic rings. The molecular formula is C6H3N3O. The van der Waals surface area contributed by atoms with Gasteiger partial charge in [0.1, 0.15) is 6.33 Å². The van der Waals surface area contributed by atoms with Crippen LogP contribution in [0.2, 0.25) is 0 Å². The topological polar surface area (TPSA) is 55.2 Å². The minimum absolute atomic E-state index is 0.254. The van der Waals surface area contributed by atoms with E-state index in [4.69, 9.17) is 0 Å². The van der Waals surface area contributed by atoms with Gasteiger partial charge in [-0.15, -0.1) is 0 Å². The summed E-state index contributed by atoms with van der Waals surface area (Å²) in [6.45, 7) is 0. The standard InChI is InChI=1S/C6H3N3O/c10-5-1-4-2-7-3-8-6(4)9-5/h1-3H. The zero-order valence-corrected chi connectivity index (χ0v) is 4.98. The molecular weight excluding hydrogens is 130 g/mol. The highest BCUT2D eigenvalue weighted by atomic mass is 16.1. The maximum absolute atomic E-state index is 10.6. The Morgan fingerprint density at radius 1 is 1.40 bits per heavy atom. The van der Waals surface area contributed by atoms with Crippen molar-refractivity contribution in [3.8, 4) is 0 Å². The summed E-state index contributed by atoms with van der Waals surface area (Å²) in [5, 5.41) is 0.701. The van der Waals surface area contributed by atoms with Gasteiger partial charge in [0, 0.05) is 17.5 Å². The van der Waals surface area contributed by atoms with Crippen molar-refractivity contribution in [1.82, 2.24) is 9.97 Å². The van der Waals surface area contributed by atoms with E-state index in [-0.39, 0.29) is 5.91 Å². The van der Waals surface area contributed by atoms with Gasteiger partial charge in [0.15, 0.2) is 5.49 Å². The smallest absolute Gasteiger partial charge is 0.267 e. The first-order chi connectivity index (χ1) is 4.86. The second-order valence-corrected chi connectivity index (χ2v) is 1.90. The minimum atomic E-state index is -0.254. The number of hydrogen-bond acceptors (Lipinski definition) is 3. The van der Waals surface area contributed by atoms with Gasteiger partial charge < -0.3 is 0 Å². The fraction of sp³-hybridized carbons (Fsp3) is 0. The zero-order valence-electron chi connectivity index (χ0n) is 4.98. The first-order valence-corrected chi connectivity index (χ1v) is 2.77. The Labute approximate surface area is 56.0 Å². The molecule has 2 rings (SSSR count). The lowest BCUT2D eigenvalue weighted by molar-refractivity contribution is -0.112. The van der Waals surface area contributed by atoms with Gasteiger partial charge in [0.2, 0.25) is 0 Å². The van der Waals surface area contributed by atoms with Crippen LogP contribution < -0.4 is 10.7 Å². The zero-order chi connectivity index (χ0) is 6.97. The molecule has 0 atom stereocenters. The van der Waals surface area contributed by atoms with Crippen LogP contribution in [-0.2, 0) is 4.79 Å². The molecule has 0 bridgehead atoms. The molecule has 0 fully saturated rings. The number of nitrogens with zero attached hydrogens (tertiary/aromatic N) is 3. The third kappa shape index (κ3) is 0.621. The Bertz CT molecular complexity index is 359. The van der Waals surface area contributed by atoms with Crippen molar-refractivity contribution in [2.45, 2.75) is 0 Å². The molecule has 48 valence electrons. The van der Waals surface area contributed by atoms with Crippen molar-refractivity contribution in [1.29, 1.82) is 0 Å². The molecule has 4 heteroatoms. The van der Waals surface area contributed by atoms with Gasteiger partial charge in [-0.05, 0) is 0 Å². The Morgan fingerprint density at radius 2 is 2.30 bits per heavy atom. The number of hydrogen-bond donors (Lipinski definition) is 0. The Balaban J connectivity index is 2.96. The van der Waals surface area contributed by atoms with Crippen molar-refractivity contribution in [3.63, 3.8) is 0 Å². The van der Waals surface area contributed by atoms with E-state index in [0.29, 0.717) is 10.7 Å². The number of fused-ring (bicyclic) bond motifs is 1. The van der Waals surface area contributed by atoms with Crippen LogP contribution in [-0.4, -0.2) is 15.9 Å². The third-order valence-electron chi connectivity index (χ3n) is 1.21. The second-order valence-electron chi connectivity index (χ2n) is 1.90. The molecule has 0 radical (unpaired) electrons. The minimum Gasteiger partial charge on any atom is -0.267 e. The number of carbonyl (C=O) groups excluding carboxylic acids is 1. The molecule has 0 spiro atoms. The van der Waals surface area contributed by atoms with Crippen LogP contribution in [0.15, 0.2) is 17.5 Å². The van der Waals surface area contributed by atoms with Crippen molar-refractivity contribution in [2.75, 3.05) is 0 Å². The van der Waals surface area contributed by atoms with E-state index in [2.05, 4.69) is 15.0 Å².